The smallest absolute Gasteiger partial charge is 0.202 e. The molecular weight excluding hydrogens is 374 g/mol. The molecule has 27 heavy (non-hydrogen) atoms. The molecule has 0 amide bonds. The van der Waals surface area contributed by atoms with Crippen molar-refractivity contribution in [2.24, 2.45) is 0 Å². The zero-order valence-corrected chi connectivity index (χ0v) is 17.2. The maximum Gasteiger partial charge on any atom is 0.202 e. The number of rotatable bonds is 3. The Bertz CT molecular complexity index is 960. The molecule has 3 aromatic rings. The number of benzene rings is 1. The predicted octanol–water partition coefficient (Wildman–Crippen LogP) is 3.17. The summed E-state index contributed by atoms with van der Waals surface area (Å²) in [6, 6.07) is 8.49. The van der Waals surface area contributed by atoms with Crippen molar-refractivity contribution in [2.75, 3.05) is 13.1 Å². The van der Waals surface area contributed by atoms with E-state index >= 15 is 0 Å². The van der Waals surface area contributed by atoms with Gasteiger partial charge in [-0.2, -0.15) is 9.78 Å². The van der Waals surface area contributed by atoms with Gasteiger partial charge in [-0.05, 0) is 37.2 Å². The van der Waals surface area contributed by atoms with Crippen LogP contribution in [0.1, 0.15) is 48.9 Å². The molecule has 4 heterocycles. The lowest BCUT2D eigenvalue weighted by Crippen LogP contribution is -3.12. The van der Waals surface area contributed by atoms with Gasteiger partial charge in [0.25, 0.3) is 0 Å². The predicted molar refractivity (Wildman–Crippen MR) is 111 cm³/mol. The maximum absolute atomic E-state index is 5.72. The molecule has 0 atom stereocenters. The van der Waals surface area contributed by atoms with E-state index in [0.29, 0.717) is 5.92 Å². The average Bonchev–Trinajstić information content (AvgIpc) is 3.15. The fraction of sp³-hybridized carbons (Fsp3) is 0.550. The molecule has 1 fully saturated rings. The van der Waals surface area contributed by atoms with E-state index in [1.807, 2.05) is 11.3 Å². The van der Waals surface area contributed by atoms with Crippen molar-refractivity contribution in [2.45, 2.75) is 57.7 Å². The lowest BCUT2D eigenvalue weighted by Gasteiger charge is -2.27. The van der Waals surface area contributed by atoms with E-state index in [9.17, 15) is 0 Å². The van der Waals surface area contributed by atoms with Crippen molar-refractivity contribution in [3.8, 4) is 0 Å². The van der Waals surface area contributed by atoms with Crippen molar-refractivity contribution in [1.29, 1.82) is 0 Å². The number of quaternary nitrogens is 1. The van der Waals surface area contributed by atoms with E-state index in [1.54, 1.807) is 4.90 Å². The fourth-order valence-corrected chi connectivity index (χ4v) is 5.87. The third-order valence-corrected chi connectivity index (χ3v) is 7.64. The number of nitrogens with one attached hydrogen (secondary N) is 1. The molecule has 5 nitrogen and oxygen atoms in total. The highest BCUT2D eigenvalue weighted by Gasteiger charge is 2.26. The SMILES string of the molecule is S=c1n(C[NH+]2CCC(c3nc4ccccc4s3)CC2)nc2n1CCCCC2. The number of piperidine rings is 1. The Kier molecular flexibility index (Phi) is 4.83. The summed E-state index contributed by atoms with van der Waals surface area (Å²) in [5.74, 6) is 1.80. The minimum Gasteiger partial charge on any atom is -0.316 e. The largest absolute Gasteiger partial charge is 0.316 e. The van der Waals surface area contributed by atoms with Crippen LogP contribution in [0.2, 0.25) is 0 Å². The van der Waals surface area contributed by atoms with Crippen LogP contribution in [0, 0.1) is 4.77 Å². The Morgan fingerprint density at radius 1 is 1.15 bits per heavy atom. The number of hydrogen-bond acceptors (Lipinski definition) is 4. The van der Waals surface area contributed by atoms with Gasteiger partial charge >= 0.3 is 0 Å². The highest BCUT2D eigenvalue weighted by atomic mass is 32.1. The molecule has 2 aromatic heterocycles. The Morgan fingerprint density at radius 3 is 2.85 bits per heavy atom. The quantitative estimate of drug-likeness (QED) is 0.687. The van der Waals surface area contributed by atoms with Gasteiger partial charge in [-0.3, -0.25) is 0 Å². The molecule has 0 saturated carbocycles. The Balaban J connectivity index is 1.25. The summed E-state index contributed by atoms with van der Waals surface area (Å²) in [4.78, 5) is 6.48. The highest BCUT2D eigenvalue weighted by Crippen LogP contribution is 2.31. The molecule has 0 unspecified atom stereocenters. The number of hydrogen-bond donors (Lipinski definition) is 1. The number of fused-ring (bicyclic) bond motifs is 2. The van der Waals surface area contributed by atoms with Crippen LogP contribution in [0.4, 0.5) is 0 Å². The summed E-state index contributed by atoms with van der Waals surface area (Å²) >= 11 is 7.59. The second kappa shape index (κ2) is 7.45. The molecule has 2 aliphatic heterocycles. The molecule has 0 radical (unpaired) electrons. The van der Waals surface area contributed by atoms with Gasteiger partial charge in [0.2, 0.25) is 4.77 Å². The maximum atomic E-state index is 5.72. The zero-order chi connectivity index (χ0) is 18.2. The summed E-state index contributed by atoms with van der Waals surface area (Å²) in [6.45, 7) is 4.30. The Labute approximate surface area is 168 Å². The van der Waals surface area contributed by atoms with Crippen LogP contribution in [0.3, 0.4) is 0 Å². The van der Waals surface area contributed by atoms with Crippen LogP contribution in [0.25, 0.3) is 10.2 Å². The third kappa shape index (κ3) is 3.48. The first-order valence-electron chi connectivity index (χ1n) is 10.1. The first-order chi connectivity index (χ1) is 13.3. The summed E-state index contributed by atoms with van der Waals surface area (Å²) in [5, 5.41) is 6.17. The topological polar surface area (TPSA) is 40.1 Å². The first kappa shape index (κ1) is 17.5. The monoisotopic (exact) mass is 400 g/mol. The molecular formula is C20H26N5S2+. The minimum absolute atomic E-state index is 0.609. The van der Waals surface area contributed by atoms with Crippen molar-refractivity contribution >= 4 is 33.8 Å². The van der Waals surface area contributed by atoms with Crippen LogP contribution < -0.4 is 4.90 Å². The van der Waals surface area contributed by atoms with Gasteiger partial charge in [0, 0.05) is 31.7 Å². The fourth-order valence-electron chi connectivity index (χ4n) is 4.44. The van der Waals surface area contributed by atoms with Crippen LogP contribution >= 0.6 is 23.6 Å². The van der Waals surface area contributed by atoms with Gasteiger partial charge in [-0.15, -0.1) is 11.3 Å². The third-order valence-electron chi connectivity index (χ3n) is 6.01. The van der Waals surface area contributed by atoms with E-state index in [0.717, 1.165) is 29.9 Å². The van der Waals surface area contributed by atoms with Crippen LogP contribution in [-0.2, 0) is 19.6 Å². The molecule has 1 saturated heterocycles. The van der Waals surface area contributed by atoms with Gasteiger partial charge < -0.3 is 9.47 Å². The van der Waals surface area contributed by atoms with Gasteiger partial charge in [-0.1, -0.05) is 18.6 Å². The molecule has 0 aliphatic carbocycles. The average molecular weight is 401 g/mol. The summed E-state index contributed by atoms with van der Waals surface area (Å²) in [7, 11) is 0. The van der Waals surface area contributed by atoms with Crippen molar-refractivity contribution in [3.63, 3.8) is 0 Å². The molecule has 142 valence electrons. The number of para-hydroxylation sites is 1. The zero-order valence-electron chi connectivity index (χ0n) is 15.6. The molecule has 0 spiro atoms. The number of likely N-dealkylation sites (tertiary alicyclic amines) is 1. The van der Waals surface area contributed by atoms with E-state index < -0.39 is 0 Å². The number of aryl methyl sites for hydroxylation is 1. The van der Waals surface area contributed by atoms with Crippen molar-refractivity contribution in [1.82, 2.24) is 19.3 Å². The lowest BCUT2D eigenvalue weighted by atomic mass is 9.98. The number of nitrogens with zero attached hydrogens (tertiary/aromatic N) is 4. The second-order valence-corrected chi connectivity index (χ2v) is 9.29. The van der Waals surface area contributed by atoms with E-state index in [-0.39, 0.29) is 0 Å². The highest BCUT2D eigenvalue weighted by molar-refractivity contribution is 7.71. The minimum atomic E-state index is 0.609. The van der Waals surface area contributed by atoms with Gasteiger partial charge in [0.05, 0.1) is 28.3 Å². The van der Waals surface area contributed by atoms with E-state index in [4.69, 9.17) is 22.3 Å². The first-order valence-corrected chi connectivity index (χ1v) is 11.4. The van der Waals surface area contributed by atoms with Crippen LogP contribution in [0.5, 0.6) is 0 Å². The molecule has 1 aromatic carbocycles. The number of aromatic nitrogens is 4. The van der Waals surface area contributed by atoms with Crippen LogP contribution in [-0.4, -0.2) is 32.4 Å². The lowest BCUT2D eigenvalue weighted by molar-refractivity contribution is -0.928. The van der Waals surface area contributed by atoms with E-state index in [2.05, 4.69) is 33.5 Å². The van der Waals surface area contributed by atoms with Gasteiger partial charge in [-0.25, -0.2) is 4.98 Å². The van der Waals surface area contributed by atoms with Gasteiger partial charge in [0.1, 0.15) is 5.82 Å². The Hall–Kier alpha value is -1.57. The van der Waals surface area contributed by atoms with Crippen LogP contribution in [0.15, 0.2) is 24.3 Å². The second-order valence-electron chi connectivity index (χ2n) is 7.86. The Morgan fingerprint density at radius 2 is 2.00 bits per heavy atom. The molecule has 2 aliphatic rings. The molecule has 7 heteroatoms. The number of thiazole rings is 1. The van der Waals surface area contributed by atoms with Crippen molar-refractivity contribution < 1.29 is 4.90 Å². The standard InChI is InChI=1S/C20H25N5S2/c26-20-24-11-5-1-2-8-18(24)22-25(20)14-23-12-9-15(10-13-23)19-21-16-6-3-4-7-17(16)27-19/h3-4,6-7,15H,1-2,5,8-14H2/p+1. The summed E-state index contributed by atoms with van der Waals surface area (Å²) in [5.41, 5.74) is 1.15. The molecule has 5 rings (SSSR count). The summed E-state index contributed by atoms with van der Waals surface area (Å²) < 4.78 is 6.60. The normalized spacial score (nSPS) is 23.3. The molecule has 1 N–H and O–H groups in total. The van der Waals surface area contributed by atoms with Crippen molar-refractivity contribution in [3.05, 3.63) is 39.9 Å². The summed E-state index contributed by atoms with van der Waals surface area (Å²) in [6.07, 6.45) is 7.25. The molecule has 0 bridgehead atoms. The van der Waals surface area contributed by atoms with Gasteiger partial charge in [0.15, 0.2) is 6.67 Å². The van der Waals surface area contributed by atoms with E-state index in [1.165, 1.54) is 60.7 Å².